The molecule has 0 N–H and O–H groups in total. The zero-order valence-corrected chi connectivity index (χ0v) is 9.76. The molecule has 1 aromatic heterocycles. The van der Waals surface area contributed by atoms with E-state index in [0.29, 0.717) is 0 Å². The number of nitrogens with zero attached hydrogens (tertiary/aromatic N) is 1. The quantitative estimate of drug-likeness (QED) is 0.734. The van der Waals surface area contributed by atoms with Crippen LogP contribution in [0.25, 0.3) is 0 Å². The number of hydrogen-bond donors (Lipinski definition) is 0. The number of pyridine rings is 1. The van der Waals surface area contributed by atoms with Gasteiger partial charge in [-0.2, -0.15) is 3.84 Å². The Balaban J connectivity index is 0. The zero-order valence-electron chi connectivity index (χ0n) is 6.54. The van der Waals surface area contributed by atoms with E-state index >= 15 is 0 Å². The molecule has 0 aromatic carbocycles. The SMILES string of the molecule is CCc1ccncc1.ClOCl.[Se]. The Kier molecular flexibility index (Phi) is 13.7. The topological polar surface area (TPSA) is 22.1 Å². The fourth-order valence-corrected chi connectivity index (χ4v) is 0.618. The molecule has 0 saturated heterocycles. The first-order valence-corrected chi connectivity index (χ1v) is 3.75. The maximum atomic E-state index is 4.26. The molecule has 0 aliphatic heterocycles. The van der Waals surface area contributed by atoms with Crippen molar-refractivity contribution in [2.24, 2.45) is 0 Å². The number of aryl methyl sites for hydroxylation is 1. The average molecular weight is 273 g/mol. The van der Waals surface area contributed by atoms with E-state index in [9.17, 15) is 0 Å². The maximum Gasteiger partial charge on any atom is 0.0832 e. The van der Waals surface area contributed by atoms with E-state index in [1.54, 1.807) is 0 Å². The van der Waals surface area contributed by atoms with Gasteiger partial charge in [-0.3, -0.25) is 4.98 Å². The minimum atomic E-state index is 0. The van der Waals surface area contributed by atoms with Gasteiger partial charge in [0.1, 0.15) is 0 Å². The van der Waals surface area contributed by atoms with E-state index in [1.165, 1.54) is 5.56 Å². The fourth-order valence-electron chi connectivity index (χ4n) is 0.618. The normalized spacial score (nSPS) is 7.58. The number of rotatable bonds is 1. The summed E-state index contributed by atoms with van der Waals surface area (Å²) in [6.45, 7) is 2.13. The average Bonchev–Trinajstić information content (AvgIpc) is 2.08. The van der Waals surface area contributed by atoms with E-state index in [2.05, 4.69) is 39.5 Å². The Bertz CT molecular complexity index is 174. The van der Waals surface area contributed by atoms with Crippen LogP contribution in [0, 0.1) is 0 Å². The molecule has 0 saturated carbocycles. The first-order chi connectivity index (χ1) is 5.35. The van der Waals surface area contributed by atoms with Crippen molar-refractivity contribution in [1.82, 2.24) is 4.98 Å². The minimum absolute atomic E-state index is 0. The molecule has 0 unspecified atom stereocenters. The van der Waals surface area contributed by atoms with Crippen molar-refractivity contribution >= 4 is 40.8 Å². The van der Waals surface area contributed by atoms with Crippen molar-refractivity contribution in [3.8, 4) is 0 Å². The summed E-state index contributed by atoms with van der Waals surface area (Å²) in [7, 11) is 0. The van der Waals surface area contributed by atoms with Gasteiger partial charge in [-0.05, 0) is 24.1 Å². The summed E-state index contributed by atoms with van der Waals surface area (Å²) in [5.74, 6) is 0. The van der Waals surface area contributed by atoms with E-state index in [0.717, 1.165) is 6.42 Å². The largest absolute Gasteiger partial charge is 0.265 e. The first-order valence-electron chi connectivity index (χ1n) is 3.13. The van der Waals surface area contributed by atoms with Gasteiger partial charge in [0.05, 0.1) is 23.7 Å². The third-order valence-electron chi connectivity index (χ3n) is 1.16. The van der Waals surface area contributed by atoms with Crippen LogP contribution in [0.2, 0.25) is 0 Å². The molecule has 2 nitrogen and oxygen atoms in total. The van der Waals surface area contributed by atoms with E-state index in [4.69, 9.17) is 0 Å². The monoisotopic (exact) mass is 273 g/mol. The molecule has 0 atom stereocenters. The molecule has 2 radical (unpaired) electrons. The Hall–Kier alpha value is 0.209. The predicted molar refractivity (Wildman–Crippen MR) is 52.2 cm³/mol. The minimum Gasteiger partial charge on any atom is -0.265 e. The predicted octanol–water partition coefficient (Wildman–Crippen LogP) is 2.57. The summed E-state index contributed by atoms with van der Waals surface area (Å²) >= 11 is 8.53. The van der Waals surface area contributed by atoms with Crippen LogP contribution in [-0.4, -0.2) is 22.1 Å². The number of hydrogen-bond acceptors (Lipinski definition) is 2. The molecular weight excluding hydrogens is 264 g/mol. The number of aromatic nitrogens is 1. The van der Waals surface area contributed by atoms with Crippen molar-refractivity contribution in [2.75, 3.05) is 0 Å². The Morgan fingerprint density at radius 3 is 2.00 bits per heavy atom. The second-order valence-electron chi connectivity index (χ2n) is 1.77. The van der Waals surface area contributed by atoms with Crippen LogP contribution in [-0.2, 0) is 10.3 Å². The maximum absolute atomic E-state index is 4.26. The molecule has 0 aliphatic rings. The second kappa shape index (κ2) is 11.2. The Morgan fingerprint density at radius 1 is 1.33 bits per heavy atom. The summed E-state index contributed by atoms with van der Waals surface area (Å²) < 4.78 is 3.19. The van der Waals surface area contributed by atoms with Gasteiger partial charge in [0.2, 0.25) is 0 Å². The van der Waals surface area contributed by atoms with Crippen molar-refractivity contribution in [3.63, 3.8) is 0 Å². The van der Waals surface area contributed by atoms with Gasteiger partial charge in [-0.1, -0.05) is 6.92 Å². The standard InChI is InChI=1S/C7H9N.Cl2O.Se/c1-2-7-3-5-8-6-4-7;1-3-2;/h3-6H,2H2,1H3;;. The molecular formula is C7H9Cl2NOSe. The van der Waals surface area contributed by atoms with Crippen LogP contribution in [0.3, 0.4) is 0 Å². The molecule has 0 bridgehead atoms. The van der Waals surface area contributed by atoms with Crippen LogP contribution in [0.5, 0.6) is 0 Å². The van der Waals surface area contributed by atoms with Crippen LogP contribution in [0.1, 0.15) is 12.5 Å². The van der Waals surface area contributed by atoms with Gasteiger partial charge in [0.25, 0.3) is 0 Å². The molecule has 0 amide bonds. The molecule has 0 aliphatic carbocycles. The fraction of sp³-hybridized carbons (Fsp3) is 0.286. The molecule has 1 rings (SSSR count). The van der Waals surface area contributed by atoms with Gasteiger partial charge in [0.15, 0.2) is 0 Å². The summed E-state index contributed by atoms with van der Waals surface area (Å²) in [6.07, 6.45) is 4.74. The van der Waals surface area contributed by atoms with Crippen molar-refractivity contribution in [1.29, 1.82) is 0 Å². The van der Waals surface area contributed by atoms with Crippen LogP contribution in [0.4, 0.5) is 0 Å². The summed E-state index contributed by atoms with van der Waals surface area (Å²) in [4.78, 5) is 3.89. The molecule has 0 fully saturated rings. The number of halogens is 2. The zero-order chi connectivity index (χ0) is 8.53. The van der Waals surface area contributed by atoms with Crippen LogP contribution >= 0.6 is 23.7 Å². The van der Waals surface area contributed by atoms with Gasteiger partial charge >= 0.3 is 0 Å². The molecule has 5 heteroatoms. The molecule has 1 heterocycles. The van der Waals surface area contributed by atoms with Crippen LogP contribution in [0.15, 0.2) is 24.5 Å². The third-order valence-corrected chi connectivity index (χ3v) is 1.16. The summed E-state index contributed by atoms with van der Waals surface area (Å²) in [5.41, 5.74) is 1.35. The van der Waals surface area contributed by atoms with E-state index < -0.39 is 0 Å². The smallest absolute Gasteiger partial charge is 0.0832 e. The van der Waals surface area contributed by atoms with Gasteiger partial charge < -0.3 is 0 Å². The van der Waals surface area contributed by atoms with Gasteiger partial charge in [0, 0.05) is 29.5 Å². The molecule has 1 aromatic rings. The summed E-state index contributed by atoms with van der Waals surface area (Å²) in [5, 5.41) is 0. The molecule has 68 valence electrons. The van der Waals surface area contributed by atoms with E-state index in [1.807, 2.05) is 24.5 Å². The molecule has 12 heavy (non-hydrogen) atoms. The van der Waals surface area contributed by atoms with Gasteiger partial charge in [-0.25, -0.2) is 0 Å². The first kappa shape index (κ1) is 14.7. The van der Waals surface area contributed by atoms with Crippen molar-refractivity contribution < 1.29 is 3.84 Å². The van der Waals surface area contributed by atoms with Crippen molar-refractivity contribution in [2.45, 2.75) is 13.3 Å². The molecule has 0 spiro atoms. The van der Waals surface area contributed by atoms with E-state index in [-0.39, 0.29) is 17.1 Å². The summed E-state index contributed by atoms with van der Waals surface area (Å²) in [6, 6.07) is 4.06. The third kappa shape index (κ3) is 8.31. The van der Waals surface area contributed by atoms with Crippen LogP contribution < -0.4 is 0 Å². The Labute approximate surface area is 93.0 Å². The van der Waals surface area contributed by atoms with Gasteiger partial charge in [-0.15, -0.1) is 0 Å². The van der Waals surface area contributed by atoms with Crippen molar-refractivity contribution in [3.05, 3.63) is 30.1 Å². The second-order valence-corrected chi connectivity index (χ2v) is 2.23. The Morgan fingerprint density at radius 2 is 1.75 bits per heavy atom.